The first-order chi connectivity index (χ1) is 7.20. The molecule has 0 aliphatic rings. The Balaban J connectivity index is 2.18. The smallest absolute Gasteiger partial charge is 0.238 e. The number of rotatable bonds is 3. The van der Waals surface area contributed by atoms with Crippen LogP contribution in [0.1, 0.15) is 24.4 Å². The first-order valence-electron chi connectivity index (χ1n) is 4.67. The highest BCUT2D eigenvalue weighted by molar-refractivity contribution is 5.31. The summed E-state index contributed by atoms with van der Waals surface area (Å²) in [7, 11) is 0. The van der Waals surface area contributed by atoms with E-state index in [4.69, 9.17) is 10.2 Å². The minimum atomic E-state index is 0.406. The van der Waals surface area contributed by atoms with Crippen LogP contribution in [0.2, 0.25) is 0 Å². The average molecular weight is 208 g/mol. The molecule has 15 heavy (non-hydrogen) atoms. The van der Waals surface area contributed by atoms with Gasteiger partial charge in [-0.15, -0.1) is 15.3 Å². The Labute approximate surface area is 86.3 Å². The number of aryl methyl sites for hydroxylation is 1. The van der Waals surface area contributed by atoms with Crippen molar-refractivity contribution in [3.63, 3.8) is 0 Å². The number of hydrogen-bond acceptors (Lipinski definition) is 6. The zero-order valence-electron chi connectivity index (χ0n) is 8.64. The summed E-state index contributed by atoms with van der Waals surface area (Å²) in [5, 5.41) is 15.3. The van der Waals surface area contributed by atoms with E-state index in [0.717, 1.165) is 12.1 Å². The van der Waals surface area contributed by atoms with Crippen molar-refractivity contribution in [1.82, 2.24) is 25.2 Å². The molecule has 0 saturated carbocycles. The van der Waals surface area contributed by atoms with Gasteiger partial charge in [-0.2, -0.15) is 0 Å². The van der Waals surface area contributed by atoms with E-state index in [1.165, 1.54) is 0 Å². The number of hydrogen-bond donors (Lipinski definition) is 1. The number of anilines is 1. The predicted molar refractivity (Wildman–Crippen MR) is 51.9 cm³/mol. The molecule has 7 nitrogen and oxygen atoms in total. The summed E-state index contributed by atoms with van der Waals surface area (Å²) < 4.78 is 6.98. The molecular weight excluding hydrogens is 196 g/mol. The Morgan fingerprint density at radius 2 is 2.00 bits per heavy atom. The molecule has 0 radical (unpaired) electrons. The fourth-order valence-corrected chi connectivity index (χ4v) is 1.15. The van der Waals surface area contributed by atoms with Crippen molar-refractivity contribution in [2.24, 2.45) is 0 Å². The van der Waals surface area contributed by atoms with E-state index in [9.17, 15) is 0 Å². The normalized spacial score (nSPS) is 10.8. The Kier molecular flexibility index (Phi) is 2.36. The van der Waals surface area contributed by atoms with Gasteiger partial charge in [0.25, 0.3) is 0 Å². The first-order valence-corrected chi connectivity index (χ1v) is 4.67. The summed E-state index contributed by atoms with van der Waals surface area (Å²) in [6.45, 7) is 4.20. The zero-order valence-corrected chi connectivity index (χ0v) is 8.64. The molecule has 0 aromatic carbocycles. The molecule has 80 valence electrons. The molecule has 0 aliphatic carbocycles. The van der Waals surface area contributed by atoms with E-state index in [2.05, 4.69) is 20.5 Å². The van der Waals surface area contributed by atoms with E-state index in [-0.39, 0.29) is 0 Å². The van der Waals surface area contributed by atoms with Crippen LogP contribution in [-0.4, -0.2) is 25.2 Å². The molecule has 2 aromatic rings. The Bertz CT molecular complexity index is 459. The maximum absolute atomic E-state index is 5.56. The number of nitrogens with two attached hydrogens (primary N) is 1. The van der Waals surface area contributed by atoms with Crippen molar-refractivity contribution in [1.29, 1.82) is 0 Å². The largest absolute Gasteiger partial charge is 0.423 e. The predicted octanol–water partition coefficient (Wildman–Crippen LogP) is 0.162. The van der Waals surface area contributed by atoms with Crippen LogP contribution in [0.15, 0.2) is 4.42 Å². The summed E-state index contributed by atoms with van der Waals surface area (Å²) >= 11 is 0. The summed E-state index contributed by atoms with van der Waals surface area (Å²) in [5.41, 5.74) is 6.36. The van der Waals surface area contributed by atoms with Crippen molar-refractivity contribution in [3.8, 4) is 0 Å². The van der Waals surface area contributed by atoms with Gasteiger partial charge in [0, 0.05) is 6.42 Å². The van der Waals surface area contributed by atoms with Gasteiger partial charge in [-0.05, 0) is 6.92 Å². The topological polar surface area (TPSA) is 95.7 Å². The minimum Gasteiger partial charge on any atom is -0.423 e. The average Bonchev–Trinajstić information content (AvgIpc) is 2.80. The Hall–Kier alpha value is -1.92. The van der Waals surface area contributed by atoms with Gasteiger partial charge in [0.15, 0.2) is 5.82 Å². The minimum absolute atomic E-state index is 0.406. The van der Waals surface area contributed by atoms with E-state index in [1.807, 2.05) is 13.8 Å². The number of aromatic nitrogens is 5. The highest BCUT2D eigenvalue weighted by atomic mass is 16.4. The second-order valence-corrected chi connectivity index (χ2v) is 3.16. The van der Waals surface area contributed by atoms with Gasteiger partial charge < -0.3 is 10.2 Å². The third-order valence-electron chi connectivity index (χ3n) is 2.11. The molecule has 7 heteroatoms. The molecule has 0 spiro atoms. The van der Waals surface area contributed by atoms with Crippen LogP contribution in [0.5, 0.6) is 0 Å². The van der Waals surface area contributed by atoms with Crippen LogP contribution >= 0.6 is 0 Å². The Morgan fingerprint density at radius 3 is 2.53 bits per heavy atom. The van der Waals surface area contributed by atoms with Crippen LogP contribution in [0.4, 0.5) is 5.82 Å². The van der Waals surface area contributed by atoms with Gasteiger partial charge >= 0.3 is 0 Å². The molecule has 2 heterocycles. The number of nitrogens with zero attached hydrogens (tertiary/aromatic N) is 5. The lowest BCUT2D eigenvalue weighted by atomic mass is 10.4. The van der Waals surface area contributed by atoms with E-state index >= 15 is 0 Å². The van der Waals surface area contributed by atoms with Gasteiger partial charge in [0.1, 0.15) is 6.54 Å². The van der Waals surface area contributed by atoms with Crippen molar-refractivity contribution in [3.05, 3.63) is 17.5 Å². The molecule has 0 atom stereocenters. The van der Waals surface area contributed by atoms with Gasteiger partial charge in [-0.1, -0.05) is 12.1 Å². The van der Waals surface area contributed by atoms with Crippen LogP contribution in [0, 0.1) is 6.92 Å². The van der Waals surface area contributed by atoms with Gasteiger partial charge in [0.05, 0.1) is 5.69 Å². The molecule has 0 unspecified atom stereocenters. The van der Waals surface area contributed by atoms with E-state index < -0.39 is 0 Å². The lowest BCUT2D eigenvalue weighted by Gasteiger charge is -1.97. The first kappa shape index (κ1) is 9.63. The highest BCUT2D eigenvalue weighted by Crippen LogP contribution is 2.08. The highest BCUT2D eigenvalue weighted by Gasteiger charge is 2.09. The van der Waals surface area contributed by atoms with Crippen LogP contribution < -0.4 is 5.73 Å². The van der Waals surface area contributed by atoms with Gasteiger partial charge in [-0.25, -0.2) is 4.68 Å². The number of nitrogen functional groups attached to an aromatic ring is 1. The van der Waals surface area contributed by atoms with E-state index in [0.29, 0.717) is 24.1 Å². The SMILES string of the molecule is CCc1nnc(Cn2nnc(N)c2C)o1. The molecule has 0 amide bonds. The van der Waals surface area contributed by atoms with Crippen molar-refractivity contribution >= 4 is 5.82 Å². The van der Waals surface area contributed by atoms with Crippen LogP contribution in [-0.2, 0) is 13.0 Å². The Morgan fingerprint density at radius 1 is 1.27 bits per heavy atom. The van der Waals surface area contributed by atoms with Gasteiger partial charge in [-0.3, -0.25) is 0 Å². The van der Waals surface area contributed by atoms with Crippen molar-refractivity contribution in [2.45, 2.75) is 26.8 Å². The molecular formula is C8H12N6O. The summed E-state index contributed by atoms with van der Waals surface area (Å²) in [5.74, 6) is 1.56. The fraction of sp³-hybridized carbons (Fsp3) is 0.500. The molecule has 2 N–H and O–H groups in total. The van der Waals surface area contributed by atoms with Crippen LogP contribution in [0.3, 0.4) is 0 Å². The van der Waals surface area contributed by atoms with Crippen LogP contribution in [0.25, 0.3) is 0 Å². The molecule has 2 aromatic heterocycles. The zero-order chi connectivity index (χ0) is 10.8. The monoisotopic (exact) mass is 208 g/mol. The van der Waals surface area contributed by atoms with E-state index in [1.54, 1.807) is 4.68 Å². The summed E-state index contributed by atoms with van der Waals surface area (Å²) in [6.07, 6.45) is 0.728. The third kappa shape index (κ3) is 1.80. The lowest BCUT2D eigenvalue weighted by molar-refractivity contribution is 0.428. The van der Waals surface area contributed by atoms with Crippen molar-refractivity contribution in [2.75, 3.05) is 5.73 Å². The maximum Gasteiger partial charge on any atom is 0.238 e. The second-order valence-electron chi connectivity index (χ2n) is 3.16. The molecule has 2 rings (SSSR count). The lowest BCUT2D eigenvalue weighted by Crippen LogP contribution is -2.04. The quantitative estimate of drug-likeness (QED) is 0.772. The summed E-state index contributed by atoms with van der Waals surface area (Å²) in [6, 6.07) is 0. The molecule has 0 bridgehead atoms. The fourth-order valence-electron chi connectivity index (χ4n) is 1.15. The van der Waals surface area contributed by atoms with Gasteiger partial charge in [0.2, 0.25) is 11.8 Å². The second kappa shape index (κ2) is 3.68. The van der Waals surface area contributed by atoms with Crippen molar-refractivity contribution < 1.29 is 4.42 Å². The molecule has 0 aliphatic heterocycles. The third-order valence-corrected chi connectivity index (χ3v) is 2.11. The molecule has 0 fully saturated rings. The molecule has 0 saturated heterocycles. The standard InChI is InChI=1S/C8H12N6O/c1-3-6-10-11-7(15-6)4-14-5(2)8(9)12-13-14/h3-4,9H2,1-2H3. The maximum atomic E-state index is 5.56. The summed E-state index contributed by atoms with van der Waals surface area (Å²) in [4.78, 5) is 0.